The molecule has 2 nitrogen and oxygen atoms in total. The Morgan fingerprint density at radius 1 is 0.810 bits per heavy atom. The lowest BCUT2D eigenvalue weighted by Gasteiger charge is -2.21. The number of aryl methyl sites for hydroxylation is 1. The molecule has 0 saturated heterocycles. The third kappa shape index (κ3) is 2.63. The van der Waals surface area contributed by atoms with Crippen LogP contribution in [0.3, 0.4) is 0 Å². The molecule has 2 heteroatoms. The Kier molecular flexibility index (Phi) is 3.40. The van der Waals surface area contributed by atoms with Crippen LogP contribution in [0, 0.1) is 6.92 Å². The van der Waals surface area contributed by atoms with E-state index >= 15 is 0 Å². The van der Waals surface area contributed by atoms with Gasteiger partial charge < -0.3 is 9.52 Å². The molecule has 0 aliphatic heterocycles. The summed E-state index contributed by atoms with van der Waals surface area (Å²) in [5.41, 5.74) is 1.99. The molecule has 3 rings (SSSR count). The molecule has 2 aromatic carbocycles. The molecule has 1 atom stereocenters. The monoisotopic (exact) mass is 278 g/mol. The highest BCUT2D eigenvalue weighted by atomic mass is 16.4. The van der Waals surface area contributed by atoms with Gasteiger partial charge in [0.1, 0.15) is 17.1 Å². The first-order chi connectivity index (χ1) is 10.1. The number of rotatable bonds is 3. The van der Waals surface area contributed by atoms with Gasteiger partial charge in [0.05, 0.1) is 0 Å². The minimum Gasteiger partial charge on any atom is -0.463 e. The fourth-order valence-electron chi connectivity index (χ4n) is 2.46. The first-order valence-electron chi connectivity index (χ1n) is 7.02. The molecule has 0 radical (unpaired) electrons. The molecule has 0 saturated carbocycles. The molecule has 1 aromatic heterocycles. The van der Waals surface area contributed by atoms with Gasteiger partial charge in [0.15, 0.2) is 0 Å². The van der Waals surface area contributed by atoms with Crippen LogP contribution >= 0.6 is 0 Å². The third-order valence-electron chi connectivity index (χ3n) is 3.77. The Morgan fingerprint density at radius 3 is 2.00 bits per heavy atom. The lowest BCUT2D eigenvalue weighted by atomic mass is 9.92. The molecule has 0 aliphatic carbocycles. The normalized spacial score (nSPS) is 13.9. The number of hydrogen-bond donors (Lipinski definition) is 1. The van der Waals surface area contributed by atoms with Crippen LogP contribution in [0.5, 0.6) is 0 Å². The van der Waals surface area contributed by atoms with Crippen LogP contribution in [-0.2, 0) is 5.60 Å². The second-order valence-corrected chi connectivity index (χ2v) is 5.43. The van der Waals surface area contributed by atoms with Crippen LogP contribution in [0.15, 0.2) is 71.1 Å². The fraction of sp³-hybridized carbons (Fsp3) is 0.158. The van der Waals surface area contributed by atoms with Gasteiger partial charge in [-0.05, 0) is 42.7 Å². The summed E-state index contributed by atoms with van der Waals surface area (Å²) in [6, 6.07) is 21.8. The van der Waals surface area contributed by atoms with Crippen molar-refractivity contribution in [1.29, 1.82) is 0 Å². The Labute approximate surface area is 124 Å². The predicted octanol–water partition coefficient (Wildman–Crippen LogP) is 4.51. The summed E-state index contributed by atoms with van der Waals surface area (Å²) in [5.74, 6) is 1.36. The van der Waals surface area contributed by atoms with Crippen LogP contribution in [0.4, 0.5) is 0 Å². The van der Waals surface area contributed by atoms with E-state index in [4.69, 9.17) is 4.42 Å². The minimum absolute atomic E-state index is 0.562. The van der Waals surface area contributed by atoms with Crippen molar-refractivity contribution in [1.82, 2.24) is 0 Å². The number of benzene rings is 2. The molecule has 0 amide bonds. The van der Waals surface area contributed by atoms with Crippen molar-refractivity contribution in [3.8, 4) is 11.1 Å². The predicted molar refractivity (Wildman–Crippen MR) is 84.0 cm³/mol. The number of aliphatic hydroxyl groups is 1. The van der Waals surface area contributed by atoms with E-state index in [1.807, 2.05) is 61.5 Å². The summed E-state index contributed by atoms with van der Waals surface area (Å²) >= 11 is 0. The van der Waals surface area contributed by atoms with Crippen LogP contribution in [0.2, 0.25) is 0 Å². The lowest BCUT2D eigenvalue weighted by Crippen LogP contribution is -2.21. The molecular weight excluding hydrogens is 260 g/mol. The fourth-order valence-corrected chi connectivity index (χ4v) is 2.46. The van der Waals surface area contributed by atoms with E-state index in [1.165, 1.54) is 0 Å². The van der Waals surface area contributed by atoms with Gasteiger partial charge in [-0.2, -0.15) is 0 Å². The quantitative estimate of drug-likeness (QED) is 0.764. The molecule has 21 heavy (non-hydrogen) atoms. The van der Waals surface area contributed by atoms with Crippen molar-refractivity contribution >= 4 is 0 Å². The highest BCUT2D eigenvalue weighted by Crippen LogP contribution is 2.31. The zero-order chi connectivity index (χ0) is 14.9. The van der Waals surface area contributed by atoms with Crippen LogP contribution in [-0.4, -0.2) is 5.11 Å². The van der Waals surface area contributed by atoms with E-state index in [-0.39, 0.29) is 0 Å². The van der Waals surface area contributed by atoms with Crippen molar-refractivity contribution in [3.63, 3.8) is 0 Å². The summed E-state index contributed by atoms with van der Waals surface area (Å²) in [6.45, 7) is 3.63. The van der Waals surface area contributed by atoms with Crippen molar-refractivity contribution in [3.05, 3.63) is 83.8 Å². The second kappa shape index (κ2) is 5.23. The number of hydrogen-bond acceptors (Lipinski definition) is 2. The molecule has 1 heterocycles. The van der Waals surface area contributed by atoms with E-state index in [0.717, 1.165) is 22.5 Å². The van der Waals surface area contributed by atoms with Crippen LogP contribution < -0.4 is 0 Å². The van der Waals surface area contributed by atoms with Gasteiger partial charge in [0.25, 0.3) is 0 Å². The van der Waals surface area contributed by atoms with Crippen molar-refractivity contribution in [2.24, 2.45) is 0 Å². The molecule has 3 aromatic rings. The maximum Gasteiger partial charge on any atom is 0.144 e. The number of furan rings is 1. The summed E-state index contributed by atoms with van der Waals surface area (Å²) < 4.78 is 5.57. The van der Waals surface area contributed by atoms with Gasteiger partial charge in [-0.15, -0.1) is 0 Å². The largest absolute Gasteiger partial charge is 0.463 e. The average Bonchev–Trinajstić information content (AvgIpc) is 2.96. The molecule has 0 spiro atoms. The topological polar surface area (TPSA) is 33.4 Å². The SMILES string of the molecule is Cc1ccc(C(C)(O)c2ccc(-c3ccccc3)cc2)o1. The molecule has 0 aliphatic rings. The van der Waals surface area contributed by atoms with Gasteiger partial charge in [0.2, 0.25) is 0 Å². The summed E-state index contributed by atoms with van der Waals surface area (Å²) in [7, 11) is 0. The molecule has 1 unspecified atom stereocenters. The Balaban J connectivity index is 1.94. The first-order valence-corrected chi connectivity index (χ1v) is 7.02. The van der Waals surface area contributed by atoms with Gasteiger partial charge in [0, 0.05) is 0 Å². The second-order valence-electron chi connectivity index (χ2n) is 5.43. The molecule has 0 bridgehead atoms. The Bertz CT molecular complexity index is 722. The van der Waals surface area contributed by atoms with Crippen LogP contribution in [0.1, 0.15) is 24.0 Å². The maximum absolute atomic E-state index is 10.7. The summed E-state index contributed by atoms with van der Waals surface area (Å²) in [4.78, 5) is 0. The summed E-state index contributed by atoms with van der Waals surface area (Å²) in [5, 5.41) is 10.7. The smallest absolute Gasteiger partial charge is 0.144 e. The Hall–Kier alpha value is -2.32. The summed E-state index contributed by atoms with van der Waals surface area (Å²) in [6.07, 6.45) is 0. The zero-order valence-electron chi connectivity index (χ0n) is 12.2. The van der Waals surface area contributed by atoms with E-state index in [1.54, 1.807) is 6.92 Å². The minimum atomic E-state index is -1.12. The van der Waals surface area contributed by atoms with Gasteiger partial charge >= 0.3 is 0 Å². The lowest BCUT2D eigenvalue weighted by molar-refractivity contribution is 0.0758. The van der Waals surface area contributed by atoms with E-state index in [9.17, 15) is 5.11 Å². The van der Waals surface area contributed by atoms with Crippen LogP contribution in [0.25, 0.3) is 11.1 Å². The molecule has 106 valence electrons. The van der Waals surface area contributed by atoms with Gasteiger partial charge in [-0.25, -0.2) is 0 Å². The standard InChI is InChI=1S/C19H18O2/c1-14-8-13-18(21-14)19(2,20)17-11-9-16(10-12-17)15-6-4-3-5-7-15/h3-13,20H,1-2H3. The Morgan fingerprint density at radius 2 is 1.43 bits per heavy atom. The maximum atomic E-state index is 10.7. The first kappa shape index (κ1) is 13.7. The highest BCUT2D eigenvalue weighted by Gasteiger charge is 2.28. The highest BCUT2D eigenvalue weighted by molar-refractivity contribution is 5.63. The van der Waals surface area contributed by atoms with E-state index in [2.05, 4.69) is 12.1 Å². The van der Waals surface area contributed by atoms with Crippen molar-refractivity contribution < 1.29 is 9.52 Å². The third-order valence-corrected chi connectivity index (χ3v) is 3.77. The average molecular weight is 278 g/mol. The molecule has 1 N–H and O–H groups in total. The zero-order valence-corrected chi connectivity index (χ0v) is 12.2. The van der Waals surface area contributed by atoms with Gasteiger partial charge in [-0.3, -0.25) is 0 Å². The van der Waals surface area contributed by atoms with Gasteiger partial charge in [-0.1, -0.05) is 54.6 Å². The van der Waals surface area contributed by atoms with Crippen molar-refractivity contribution in [2.45, 2.75) is 19.4 Å². The van der Waals surface area contributed by atoms with E-state index in [0.29, 0.717) is 5.76 Å². The van der Waals surface area contributed by atoms with E-state index < -0.39 is 5.60 Å². The molecule has 0 fully saturated rings. The molecular formula is C19H18O2. The van der Waals surface area contributed by atoms with Crippen molar-refractivity contribution in [2.75, 3.05) is 0 Å².